The predicted molar refractivity (Wildman–Crippen MR) is 120 cm³/mol. The van der Waals surface area contributed by atoms with Gasteiger partial charge in [0.05, 0.1) is 0 Å². The number of aromatic amines is 1. The summed E-state index contributed by atoms with van der Waals surface area (Å²) in [4.78, 5) is 18.4. The van der Waals surface area contributed by atoms with Gasteiger partial charge in [-0.3, -0.25) is 0 Å². The summed E-state index contributed by atoms with van der Waals surface area (Å²) in [6.45, 7) is 2.99. The Morgan fingerprint density at radius 3 is 2.61 bits per heavy atom. The average Bonchev–Trinajstić information content (AvgIpc) is 3.17. The van der Waals surface area contributed by atoms with E-state index in [0.29, 0.717) is 18.7 Å². The molecular formula is C26H24FN3O. The molecule has 2 amide bonds. The summed E-state index contributed by atoms with van der Waals surface area (Å²) in [6.07, 6.45) is 0.724. The van der Waals surface area contributed by atoms with E-state index >= 15 is 0 Å². The number of amides is 2. The highest BCUT2D eigenvalue weighted by atomic mass is 19.1. The lowest BCUT2D eigenvalue weighted by molar-refractivity contribution is 0.177. The van der Waals surface area contributed by atoms with Gasteiger partial charge in [0.2, 0.25) is 0 Å². The maximum Gasteiger partial charge on any atom is 0.318 e. The Bertz CT molecular complexity index is 1250. The van der Waals surface area contributed by atoms with Crippen molar-refractivity contribution in [3.05, 3.63) is 107 Å². The number of hydrogen-bond donors (Lipinski definition) is 2. The largest absolute Gasteiger partial charge is 0.356 e. The van der Waals surface area contributed by atoms with Crippen molar-refractivity contribution in [3.63, 3.8) is 0 Å². The molecule has 1 aromatic heterocycles. The van der Waals surface area contributed by atoms with Gasteiger partial charge in [-0.05, 0) is 36.6 Å². The molecule has 0 saturated carbocycles. The van der Waals surface area contributed by atoms with Crippen LogP contribution in [0.2, 0.25) is 0 Å². The number of para-hydroxylation sites is 1. The van der Waals surface area contributed by atoms with Crippen molar-refractivity contribution >= 4 is 16.9 Å². The molecule has 31 heavy (non-hydrogen) atoms. The zero-order valence-corrected chi connectivity index (χ0v) is 17.4. The normalized spacial score (nSPS) is 15.7. The maximum absolute atomic E-state index is 14.9. The first-order chi connectivity index (χ1) is 15.1. The molecule has 1 atom stereocenters. The van der Waals surface area contributed by atoms with Gasteiger partial charge in [0, 0.05) is 35.2 Å². The van der Waals surface area contributed by atoms with Crippen LogP contribution in [0, 0.1) is 12.7 Å². The number of nitrogens with zero attached hydrogens (tertiary/aromatic N) is 1. The minimum atomic E-state index is -0.504. The van der Waals surface area contributed by atoms with Crippen molar-refractivity contribution in [2.75, 3.05) is 6.54 Å². The summed E-state index contributed by atoms with van der Waals surface area (Å²) in [5, 5.41) is 4.16. The number of H-pyrrole nitrogens is 1. The van der Waals surface area contributed by atoms with Crippen LogP contribution >= 0.6 is 0 Å². The number of aromatic nitrogens is 1. The fraction of sp³-hybridized carbons (Fsp3) is 0.192. The summed E-state index contributed by atoms with van der Waals surface area (Å²) < 4.78 is 14.9. The summed E-state index contributed by atoms with van der Waals surface area (Å²) in [7, 11) is 0. The van der Waals surface area contributed by atoms with E-state index in [1.165, 1.54) is 11.6 Å². The molecule has 1 aliphatic heterocycles. The van der Waals surface area contributed by atoms with Gasteiger partial charge >= 0.3 is 6.03 Å². The third-order valence-corrected chi connectivity index (χ3v) is 6.06. The molecule has 0 radical (unpaired) electrons. The van der Waals surface area contributed by atoms with Crippen LogP contribution in [0.15, 0.2) is 72.8 Å². The number of benzene rings is 3. The van der Waals surface area contributed by atoms with Gasteiger partial charge in [-0.25, -0.2) is 9.18 Å². The van der Waals surface area contributed by atoms with Crippen LogP contribution in [0.3, 0.4) is 0 Å². The van der Waals surface area contributed by atoms with Crippen molar-refractivity contribution in [3.8, 4) is 0 Å². The number of aryl methyl sites for hydroxylation is 1. The first-order valence-electron chi connectivity index (χ1n) is 10.6. The molecule has 5 rings (SSSR count). The highest BCUT2D eigenvalue weighted by Gasteiger charge is 2.35. The van der Waals surface area contributed by atoms with Crippen LogP contribution in [0.4, 0.5) is 9.18 Å². The molecule has 156 valence electrons. The Balaban J connectivity index is 1.51. The average molecular weight is 413 g/mol. The van der Waals surface area contributed by atoms with Crippen LogP contribution in [-0.4, -0.2) is 22.5 Å². The minimum Gasteiger partial charge on any atom is -0.356 e. The van der Waals surface area contributed by atoms with E-state index in [9.17, 15) is 9.18 Å². The van der Waals surface area contributed by atoms with E-state index in [-0.39, 0.29) is 11.8 Å². The molecule has 0 unspecified atom stereocenters. The Morgan fingerprint density at radius 1 is 1.06 bits per heavy atom. The first-order valence-corrected chi connectivity index (χ1v) is 10.6. The zero-order valence-electron chi connectivity index (χ0n) is 17.4. The number of carbonyl (C=O) groups excluding carboxylic acids is 1. The van der Waals surface area contributed by atoms with Gasteiger partial charge in [-0.15, -0.1) is 0 Å². The van der Waals surface area contributed by atoms with Crippen LogP contribution in [0.5, 0.6) is 0 Å². The number of carbonyl (C=O) groups is 1. The van der Waals surface area contributed by atoms with Crippen molar-refractivity contribution in [1.82, 2.24) is 15.2 Å². The number of halogens is 1. The smallest absolute Gasteiger partial charge is 0.318 e. The molecular weight excluding hydrogens is 389 g/mol. The lowest BCUT2D eigenvalue weighted by Gasteiger charge is -2.36. The summed E-state index contributed by atoms with van der Waals surface area (Å²) in [6, 6.07) is 22.2. The molecule has 4 aromatic rings. The van der Waals surface area contributed by atoms with Gasteiger partial charge in [-0.1, -0.05) is 66.2 Å². The zero-order chi connectivity index (χ0) is 21.4. The predicted octanol–water partition coefficient (Wildman–Crippen LogP) is 5.47. The summed E-state index contributed by atoms with van der Waals surface area (Å²) in [5.41, 5.74) is 5.77. The molecule has 0 aliphatic carbocycles. The van der Waals surface area contributed by atoms with Crippen molar-refractivity contribution in [1.29, 1.82) is 0 Å². The Morgan fingerprint density at radius 2 is 1.81 bits per heavy atom. The van der Waals surface area contributed by atoms with Crippen LogP contribution in [-0.2, 0) is 13.0 Å². The Labute approximate surface area is 180 Å². The highest BCUT2D eigenvalue weighted by Crippen LogP contribution is 2.39. The monoisotopic (exact) mass is 413 g/mol. The number of hydrogen-bond acceptors (Lipinski definition) is 1. The van der Waals surface area contributed by atoms with Gasteiger partial charge in [0.1, 0.15) is 11.9 Å². The Kier molecular flexibility index (Phi) is 4.94. The SMILES string of the molecule is Cc1ccc(CNC(=O)N2CCc3c([nH]c4ccccc34)[C@@H]2c2ccccc2F)cc1. The quantitative estimate of drug-likeness (QED) is 0.460. The summed E-state index contributed by atoms with van der Waals surface area (Å²) >= 11 is 0. The highest BCUT2D eigenvalue weighted by molar-refractivity contribution is 5.86. The molecule has 2 heterocycles. The molecule has 2 N–H and O–H groups in total. The van der Waals surface area contributed by atoms with E-state index < -0.39 is 6.04 Å². The van der Waals surface area contributed by atoms with Crippen LogP contribution in [0.25, 0.3) is 10.9 Å². The third-order valence-electron chi connectivity index (χ3n) is 6.06. The maximum atomic E-state index is 14.9. The van der Waals surface area contributed by atoms with Gasteiger partial charge in [0.25, 0.3) is 0 Å². The van der Waals surface area contributed by atoms with Crippen LogP contribution < -0.4 is 5.32 Å². The topological polar surface area (TPSA) is 48.1 Å². The fourth-order valence-corrected chi connectivity index (χ4v) is 4.47. The molecule has 3 aromatic carbocycles. The molecule has 5 heteroatoms. The second-order valence-corrected chi connectivity index (χ2v) is 8.07. The number of nitrogens with one attached hydrogen (secondary N) is 2. The van der Waals surface area contributed by atoms with Gasteiger partial charge in [0.15, 0.2) is 0 Å². The van der Waals surface area contributed by atoms with Gasteiger partial charge < -0.3 is 15.2 Å². The molecule has 0 bridgehead atoms. The van der Waals surface area contributed by atoms with Crippen molar-refractivity contribution in [2.24, 2.45) is 0 Å². The Hall–Kier alpha value is -3.60. The first kappa shape index (κ1) is 19.4. The lowest BCUT2D eigenvalue weighted by atomic mass is 9.92. The van der Waals surface area contributed by atoms with E-state index in [1.54, 1.807) is 17.0 Å². The number of rotatable bonds is 3. The number of urea groups is 1. The second-order valence-electron chi connectivity index (χ2n) is 8.07. The van der Waals surface area contributed by atoms with E-state index in [4.69, 9.17) is 0 Å². The lowest BCUT2D eigenvalue weighted by Crippen LogP contribution is -2.46. The van der Waals surface area contributed by atoms with E-state index in [0.717, 1.165) is 34.1 Å². The van der Waals surface area contributed by atoms with Crippen molar-refractivity contribution < 1.29 is 9.18 Å². The number of fused-ring (bicyclic) bond motifs is 3. The van der Waals surface area contributed by atoms with E-state index in [2.05, 4.69) is 16.4 Å². The van der Waals surface area contributed by atoms with Gasteiger partial charge in [-0.2, -0.15) is 0 Å². The van der Waals surface area contributed by atoms with E-state index in [1.807, 2.05) is 55.5 Å². The second kappa shape index (κ2) is 7.91. The van der Waals surface area contributed by atoms with Crippen LogP contribution in [0.1, 0.15) is 34.0 Å². The van der Waals surface area contributed by atoms with Crippen molar-refractivity contribution in [2.45, 2.75) is 25.9 Å². The standard InChI is InChI=1S/C26H24FN3O/c1-17-10-12-18(13-11-17)16-28-26(31)30-15-14-20-19-6-3-5-9-23(19)29-24(20)25(30)21-7-2-4-8-22(21)27/h2-13,25,29H,14-16H2,1H3,(H,28,31)/t25-/m0/s1. The molecule has 0 spiro atoms. The molecule has 4 nitrogen and oxygen atoms in total. The molecule has 0 saturated heterocycles. The molecule has 1 aliphatic rings. The fourth-order valence-electron chi connectivity index (χ4n) is 4.47. The summed E-state index contributed by atoms with van der Waals surface area (Å²) in [5.74, 6) is -0.310. The molecule has 0 fully saturated rings. The third kappa shape index (κ3) is 3.56. The minimum absolute atomic E-state index is 0.196.